The van der Waals surface area contributed by atoms with Crippen LogP contribution in [0.2, 0.25) is 0 Å². The first-order chi connectivity index (χ1) is 17.3. The SMILES string of the molecule is N#C[C@@]1(CCCc2ccccc2)CN(C(=O)O)CC[C@H]1n1cc(C(N)=O)c(Nc2ccc(F)cc2)n1. The van der Waals surface area contributed by atoms with Crippen LogP contribution < -0.4 is 11.1 Å². The third kappa shape index (κ3) is 5.30. The van der Waals surface area contributed by atoms with Crippen LogP contribution in [0.1, 0.15) is 41.2 Å². The van der Waals surface area contributed by atoms with E-state index in [-0.39, 0.29) is 24.5 Å². The van der Waals surface area contributed by atoms with Crippen LogP contribution >= 0.6 is 0 Å². The molecule has 10 heteroatoms. The third-order valence-corrected chi connectivity index (χ3v) is 6.63. The normalized spacial score (nSPS) is 19.4. The van der Waals surface area contributed by atoms with Gasteiger partial charge in [0.25, 0.3) is 5.91 Å². The molecule has 0 spiro atoms. The highest BCUT2D eigenvalue weighted by Crippen LogP contribution is 2.43. The summed E-state index contributed by atoms with van der Waals surface area (Å²) < 4.78 is 14.9. The molecule has 2 atom stereocenters. The maximum Gasteiger partial charge on any atom is 0.407 e. The number of piperidine rings is 1. The summed E-state index contributed by atoms with van der Waals surface area (Å²) in [6.07, 6.45) is 2.63. The molecule has 0 radical (unpaired) electrons. The fraction of sp³-hybridized carbons (Fsp3) is 0.308. The molecule has 186 valence electrons. The van der Waals surface area contributed by atoms with Crippen molar-refractivity contribution in [3.05, 3.63) is 77.7 Å². The summed E-state index contributed by atoms with van der Waals surface area (Å²) in [4.78, 5) is 25.2. The van der Waals surface area contributed by atoms with E-state index in [0.29, 0.717) is 24.9 Å². The quantitative estimate of drug-likeness (QED) is 0.430. The Morgan fingerprint density at radius 3 is 2.58 bits per heavy atom. The first kappa shape index (κ1) is 24.7. The Morgan fingerprint density at radius 2 is 1.94 bits per heavy atom. The molecule has 3 aromatic rings. The second kappa shape index (κ2) is 10.5. The molecule has 9 nitrogen and oxygen atoms in total. The van der Waals surface area contributed by atoms with Crippen LogP contribution in [0, 0.1) is 22.6 Å². The zero-order chi connectivity index (χ0) is 25.7. The number of hydrogen-bond donors (Lipinski definition) is 3. The molecule has 2 amide bonds. The Balaban J connectivity index is 1.64. The fourth-order valence-corrected chi connectivity index (χ4v) is 4.79. The molecule has 0 unspecified atom stereocenters. The van der Waals surface area contributed by atoms with Crippen molar-refractivity contribution in [1.29, 1.82) is 5.26 Å². The van der Waals surface area contributed by atoms with Gasteiger partial charge in [-0.1, -0.05) is 30.3 Å². The summed E-state index contributed by atoms with van der Waals surface area (Å²) in [7, 11) is 0. The lowest BCUT2D eigenvalue weighted by Crippen LogP contribution is -2.50. The van der Waals surface area contributed by atoms with Gasteiger partial charge < -0.3 is 21.1 Å². The molecule has 1 saturated heterocycles. The summed E-state index contributed by atoms with van der Waals surface area (Å²) >= 11 is 0. The average Bonchev–Trinajstić information content (AvgIpc) is 3.29. The van der Waals surface area contributed by atoms with Crippen molar-refractivity contribution >= 4 is 23.5 Å². The van der Waals surface area contributed by atoms with E-state index in [1.807, 2.05) is 30.3 Å². The van der Waals surface area contributed by atoms with E-state index in [0.717, 1.165) is 12.0 Å². The number of nitrogens with one attached hydrogen (secondary N) is 1. The summed E-state index contributed by atoms with van der Waals surface area (Å²) in [6.45, 7) is 0.263. The third-order valence-electron chi connectivity index (χ3n) is 6.63. The maximum absolute atomic E-state index is 13.3. The molecule has 2 aromatic carbocycles. The first-order valence-electron chi connectivity index (χ1n) is 11.7. The summed E-state index contributed by atoms with van der Waals surface area (Å²) in [5.41, 5.74) is 6.31. The number of carbonyl (C=O) groups is 2. The average molecular weight is 491 g/mol. The highest BCUT2D eigenvalue weighted by atomic mass is 19.1. The van der Waals surface area contributed by atoms with Crippen LogP contribution in [0.5, 0.6) is 0 Å². The smallest absolute Gasteiger partial charge is 0.407 e. The number of aromatic nitrogens is 2. The minimum atomic E-state index is -1.08. The number of aryl methyl sites for hydroxylation is 1. The van der Waals surface area contributed by atoms with Gasteiger partial charge >= 0.3 is 6.09 Å². The minimum absolute atomic E-state index is 0.0325. The minimum Gasteiger partial charge on any atom is -0.465 e. The van der Waals surface area contributed by atoms with E-state index in [1.54, 1.807) is 4.68 Å². The van der Waals surface area contributed by atoms with Gasteiger partial charge in [-0.25, -0.2) is 9.18 Å². The first-order valence-corrected chi connectivity index (χ1v) is 11.7. The number of carbonyl (C=O) groups excluding carboxylic acids is 1. The molecular formula is C26H27FN6O3. The number of hydrogen-bond acceptors (Lipinski definition) is 5. The number of nitrogens with zero attached hydrogens (tertiary/aromatic N) is 4. The standard InChI is InChI=1S/C26H27FN6O3/c27-19-8-10-20(11-9-19)30-24-21(23(29)34)15-33(31-24)22-12-14-32(25(35)36)17-26(22,16-28)13-4-7-18-5-2-1-3-6-18/h1-3,5-6,8-11,15,22H,4,7,12-14,17H2,(H2,29,34)(H,30,31)(H,35,36)/t22-,26+/m1/s1. The number of rotatable bonds is 8. The highest BCUT2D eigenvalue weighted by molar-refractivity contribution is 5.98. The highest BCUT2D eigenvalue weighted by Gasteiger charge is 2.46. The Kier molecular flexibility index (Phi) is 7.20. The Labute approximate surface area is 207 Å². The van der Waals surface area contributed by atoms with Crippen LogP contribution in [0.4, 0.5) is 20.7 Å². The second-order valence-corrected chi connectivity index (χ2v) is 8.98. The van der Waals surface area contributed by atoms with Gasteiger partial charge in [0, 0.05) is 25.0 Å². The summed E-state index contributed by atoms with van der Waals surface area (Å²) in [5.74, 6) is -0.924. The van der Waals surface area contributed by atoms with Crippen molar-refractivity contribution in [3.63, 3.8) is 0 Å². The van der Waals surface area contributed by atoms with Crippen LogP contribution in [-0.4, -0.2) is 44.9 Å². The van der Waals surface area contributed by atoms with Gasteiger partial charge in [0.2, 0.25) is 0 Å². The van der Waals surface area contributed by atoms with E-state index in [2.05, 4.69) is 16.5 Å². The number of anilines is 2. The van der Waals surface area contributed by atoms with Gasteiger partial charge in [0.05, 0.1) is 17.5 Å². The molecule has 1 fully saturated rings. The second-order valence-electron chi connectivity index (χ2n) is 8.98. The predicted molar refractivity (Wildman–Crippen MR) is 131 cm³/mol. The molecule has 4 rings (SSSR count). The van der Waals surface area contributed by atoms with Crippen LogP contribution in [-0.2, 0) is 6.42 Å². The molecule has 0 saturated carbocycles. The molecule has 1 aliphatic rings. The van der Waals surface area contributed by atoms with Gasteiger partial charge in [-0.2, -0.15) is 10.4 Å². The number of nitrogens with two attached hydrogens (primary N) is 1. The predicted octanol–water partition coefficient (Wildman–Crippen LogP) is 4.32. The topological polar surface area (TPSA) is 137 Å². The number of benzene rings is 2. The van der Waals surface area contributed by atoms with Crippen molar-refractivity contribution in [1.82, 2.24) is 14.7 Å². The van der Waals surface area contributed by atoms with Crippen molar-refractivity contribution in [2.75, 3.05) is 18.4 Å². The fourth-order valence-electron chi connectivity index (χ4n) is 4.79. The van der Waals surface area contributed by atoms with E-state index in [9.17, 15) is 24.3 Å². The number of amides is 2. The molecule has 0 aliphatic carbocycles. The molecule has 1 aliphatic heterocycles. The van der Waals surface area contributed by atoms with Gasteiger partial charge in [0.1, 0.15) is 11.4 Å². The molecule has 36 heavy (non-hydrogen) atoms. The number of nitriles is 1. The molecule has 4 N–H and O–H groups in total. The van der Waals surface area contributed by atoms with Crippen molar-refractivity contribution in [3.8, 4) is 6.07 Å². The number of carboxylic acid groups (broad SMARTS) is 1. The van der Waals surface area contributed by atoms with Crippen LogP contribution in [0.25, 0.3) is 0 Å². The van der Waals surface area contributed by atoms with Gasteiger partial charge in [0.15, 0.2) is 5.82 Å². The lowest BCUT2D eigenvalue weighted by Gasteiger charge is -2.43. The van der Waals surface area contributed by atoms with Crippen LogP contribution in [0.3, 0.4) is 0 Å². The Hall–Kier alpha value is -4.39. The van der Waals surface area contributed by atoms with Gasteiger partial charge in [-0.05, 0) is 55.5 Å². The van der Waals surface area contributed by atoms with E-state index >= 15 is 0 Å². The zero-order valence-electron chi connectivity index (χ0n) is 19.6. The largest absolute Gasteiger partial charge is 0.465 e. The molecule has 2 heterocycles. The number of halogens is 1. The summed E-state index contributed by atoms with van der Waals surface area (Å²) in [5, 5.41) is 27.5. The van der Waals surface area contributed by atoms with Crippen molar-refractivity contribution in [2.45, 2.75) is 31.7 Å². The van der Waals surface area contributed by atoms with E-state index in [1.165, 1.54) is 35.4 Å². The van der Waals surface area contributed by atoms with Crippen LogP contribution in [0.15, 0.2) is 60.8 Å². The number of primary amides is 1. The molecule has 1 aromatic heterocycles. The van der Waals surface area contributed by atoms with E-state index in [4.69, 9.17) is 5.73 Å². The van der Waals surface area contributed by atoms with Gasteiger partial charge in [-0.3, -0.25) is 9.48 Å². The monoisotopic (exact) mass is 490 g/mol. The Bertz CT molecular complexity index is 1270. The molecular weight excluding hydrogens is 463 g/mol. The Morgan fingerprint density at radius 1 is 1.22 bits per heavy atom. The lowest BCUT2D eigenvalue weighted by atomic mass is 9.73. The number of likely N-dealkylation sites (tertiary alicyclic amines) is 1. The van der Waals surface area contributed by atoms with Crippen molar-refractivity contribution < 1.29 is 19.1 Å². The maximum atomic E-state index is 13.3. The molecule has 0 bridgehead atoms. The lowest BCUT2D eigenvalue weighted by molar-refractivity contribution is 0.0579. The van der Waals surface area contributed by atoms with E-state index < -0.39 is 29.3 Å². The van der Waals surface area contributed by atoms with Gasteiger partial charge in [-0.15, -0.1) is 0 Å². The van der Waals surface area contributed by atoms with Crippen molar-refractivity contribution in [2.24, 2.45) is 11.1 Å². The summed E-state index contributed by atoms with van der Waals surface area (Å²) in [6, 6.07) is 17.4. The zero-order valence-corrected chi connectivity index (χ0v) is 19.6.